The van der Waals surface area contributed by atoms with Gasteiger partial charge in [0.1, 0.15) is 5.76 Å². The van der Waals surface area contributed by atoms with E-state index in [9.17, 15) is 19.1 Å². The molecule has 2 aliphatic rings. The van der Waals surface area contributed by atoms with Crippen molar-refractivity contribution in [3.63, 3.8) is 0 Å². The average Bonchev–Trinajstić information content (AvgIpc) is 3.22. The first-order valence-electron chi connectivity index (χ1n) is 13.5. The fourth-order valence-electron chi connectivity index (χ4n) is 5.16. The Labute approximate surface area is 239 Å². The van der Waals surface area contributed by atoms with Gasteiger partial charge in [-0.1, -0.05) is 0 Å². The van der Waals surface area contributed by atoms with Crippen LogP contribution in [0.25, 0.3) is 5.76 Å². The van der Waals surface area contributed by atoms with Crippen LogP contribution in [0.2, 0.25) is 0 Å². The third-order valence-electron chi connectivity index (χ3n) is 7.09. The number of carbonyl (C=O) groups is 2. The standard InChI is InChI=1S/C30H37FN2O8/c1-18(2)41-22-8-7-19(15-21(22)31)27(34)25-26(20-16-23(37-3)29(39-5)24(17-20)38-4)33(30(36)28(25)35)10-6-9-32-11-13-40-14-12-32/h7-8,15-18,26,34H,6,9-14H2,1-5H3/t26-/m1/s1. The molecule has 222 valence electrons. The van der Waals surface area contributed by atoms with Crippen LogP contribution in [0.1, 0.15) is 37.4 Å². The molecule has 4 rings (SSSR count). The van der Waals surface area contributed by atoms with Gasteiger partial charge in [-0.15, -0.1) is 0 Å². The van der Waals surface area contributed by atoms with Gasteiger partial charge in [0.05, 0.1) is 52.3 Å². The molecule has 1 atom stereocenters. The van der Waals surface area contributed by atoms with Crippen LogP contribution in [-0.4, -0.2) is 93.4 Å². The number of Topliss-reactive ketones (excluding diaryl/α,β-unsaturated/α-hetero) is 1. The lowest BCUT2D eigenvalue weighted by Crippen LogP contribution is -2.39. The van der Waals surface area contributed by atoms with E-state index in [1.165, 1.54) is 38.4 Å². The van der Waals surface area contributed by atoms with E-state index in [0.29, 0.717) is 49.0 Å². The quantitative estimate of drug-likeness (QED) is 0.245. The van der Waals surface area contributed by atoms with Gasteiger partial charge in [0.2, 0.25) is 5.75 Å². The predicted molar refractivity (Wildman–Crippen MR) is 149 cm³/mol. The first-order valence-corrected chi connectivity index (χ1v) is 13.5. The van der Waals surface area contributed by atoms with E-state index < -0.39 is 29.3 Å². The Balaban J connectivity index is 1.79. The third kappa shape index (κ3) is 6.41. The first-order chi connectivity index (χ1) is 19.7. The smallest absolute Gasteiger partial charge is 0.295 e. The highest BCUT2D eigenvalue weighted by atomic mass is 19.1. The molecule has 2 aromatic carbocycles. The Hall–Kier alpha value is -3.83. The van der Waals surface area contributed by atoms with Crippen LogP contribution in [0.4, 0.5) is 4.39 Å². The summed E-state index contributed by atoms with van der Waals surface area (Å²) in [6, 6.07) is 6.22. The number of benzene rings is 2. The van der Waals surface area contributed by atoms with Gasteiger partial charge >= 0.3 is 0 Å². The number of likely N-dealkylation sites (tertiary alicyclic amines) is 1. The lowest BCUT2D eigenvalue weighted by Gasteiger charge is -2.29. The number of hydrogen-bond donors (Lipinski definition) is 1. The molecular formula is C30H37FN2O8. The molecule has 2 heterocycles. The van der Waals surface area contributed by atoms with Crippen LogP contribution in [0.15, 0.2) is 35.9 Å². The number of methoxy groups -OCH3 is 3. The number of aliphatic hydroxyl groups is 1. The van der Waals surface area contributed by atoms with E-state index >= 15 is 0 Å². The Morgan fingerprint density at radius 3 is 2.22 bits per heavy atom. The molecule has 0 saturated carbocycles. The molecule has 2 aliphatic heterocycles. The van der Waals surface area contributed by atoms with Crippen molar-refractivity contribution >= 4 is 17.4 Å². The summed E-state index contributed by atoms with van der Waals surface area (Å²) in [5.41, 5.74) is 0.349. The van der Waals surface area contributed by atoms with E-state index in [1.54, 1.807) is 26.0 Å². The molecule has 0 unspecified atom stereocenters. The second kappa shape index (κ2) is 13.2. The SMILES string of the molecule is COc1cc([C@@H]2C(=C(O)c3ccc(OC(C)C)c(F)c3)C(=O)C(=O)N2CCCN2CCOCC2)cc(OC)c1OC. The topological polar surface area (TPSA) is 107 Å². The molecule has 2 aromatic rings. The fourth-order valence-corrected chi connectivity index (χ4v) is 5.16. The summed E-state index contributed by atoms with van der Waals surface area (Å²) >= 11 is 0. The maximum absolute atomic E-state index is 14.9. The molecule has 0 radical (unpaired) electrons. The predicted octanol–water partition coefficient (Wildman–Crippen LogP) is 3.78. The molecule has 2 fully saturated rings. The molecule has 11 heteroatoms. The van der Waals surface area contributed by atoms with E-state index in [2.05, 4.69) is 4.90 Å². The summed E-state index contributed by atoms with van der Waals surface area (Å²) in [6.45, 7) is 7.36. The fraction of sp³-hybridized carbons (Fsp3) is 0.467. The molecule has 2 saturated heterocycles. The van der Waals surface area contributed by atoms with Crippen molar-refractivity contribution in [1.82, 2.24) is 9.80 Å². The number of carbonyl (C=O) groups excluding carboxylic acids is 2. The monoisotopic (exact) mass is 572 g/mol. The zero-order chi connectivity index (χ0) is 29.7. The van der Waals surface area contributed by atoms with Crippen LogP contribution in [0, 0.1) is 5.82 Å². The lowest BCUT2D eigenvalue weighted by atomic mass is 9.94. The minimum Gasteiger partial charge on any atom is -0.507 e. The van der Waals surface area contributed by atoms with Crippen LogP contribution < -0.4 is 18.9 Å². The maximum Gasteiger partial charge on any atom is 0.295 e. The Morgan fingerprint density at radius 2 is 1.66 bits per heavy atom. The zero-order valence-electron chi connectivity index (χ0n) is 24.1. The van der Waals surface area contributed by atoms with E-state index in [0.717, 1.165) is 19.2 Å². The number of amides is 1. The van der Waals surface area contributed by atoms with Crippen LogP contribution in [-0.2, 0) is 14.3 Å². The number of aliphatic hydroxyl groups excluding tert-OH is 1. The number of nitrogens with zero attached hydrogens (tertiary/aromatic N) is 2. The van der Waals surface area contributed by atoms with Gasteiger partial charge in [0.15, 0.2) is 23.1 Å². The minimum atomic E-state index is -0.983. The number of halogens is 1. The average molecular weight is 573 g/mol. The van der Waals surface area contributed by atoms with Crippen LogP contribution in [0.5, 0.6) is 23.0 Å². The zero-order valence-corrected chi connectivity index (χ0v) is 24.1. The first kappa shape index (κ1) is 30.1. The van der Waals surface area contributed by atoms with Gasteiger partial charge in [-0.3, -0.25) is 14.5 Å². The number of hydrogen-bond acceptors (Lipinski definition) is 9. The molecule has 1 N–H and O–H groups in total. The van der Waals surface area contributed by atoms with Crippen LogP contribution in [0.3, 0.4) is 0 Å². The maximum atomic E-state index is 14.9. The van der Waals surface area contributed by atoms with E-state index in [-0.39, 0.29) is 29.5 Å². The molecule has 1 amide bonds. The Morgan fingerprint density at radius 1 is 1.00 bits per heavy atom. The summed E-state index contributed by atoms with van der Waals surface area (Å²) in [5, 5.41) is 11.4. The van der Waals surface area contributed by atoms with Gasteiger partial charge in [-0.05, 0) is 56.2 Å². The molecular weight excluding hydrogens is 535 g/mol. The molecule has 0 bridgehead atoms. The van der Waals surface area contributed by atoms with E-state index in [1.807, 2.05) is 0 Å². The lowest BCUT2D eigenvalue weighted by molar-refractivity contribution is -0.140. The molecule has 0 aromatic heterocycles. The van der Waals surface area contributed by atoms with Gasteiger partial charge in [-0.25, -0.2) is 4.39 Å². The summed E-state index contributed by atoms with van der Waals surface area (Å²) < 4.78 is 42.2. The van der Waals surface area contributed by atoms with Gasteiger partial charge < -0.3 is 33.7 Å². The Bertz CT molecular complexity index is 1280. The van der Waals surface area contributed by atoms with Crippen molar-refractivity contribution < 1.29 is 42.8 Å². The number of rotatable bonds is 11. The van der Waals surface area contributed by atoms with E-state index in [4.69, 9.17) is 23.7 Å². The number of ether oxygens (including phenoxy) is 5. The second-order valence-electron chi connectivity index (χ2n) is 10.1. The molecule has 10 nitrogen and oxygen atoms in total. The van der Waals surface area contributed by atoms with Crippen molar-refractivity contribution in [3.8, 4) is 23.0 Å². The molecule has 0 spiro atoms. The summed E-state index contributed by atoms with van der Waals surface area (Å²) in [6.07, 6.45) is 0.330. The molecule has 41 heavy (non-hydrogen) atoms. The highest BCUT2D eigenvalue weighted by molar-refractivity contribution is 6.46. The molecule has 0 aliphatic carbocycles. The van der Waals surface area contributed by atoms with Crippen molar-refractivity contribution in [2.45, 2.75) is 32.4 Å². The largest absolute Gasteiger partial charge is 0.507 e. The number of ketones is 1. The van der Waals surface area contributed by atoms with Crippen molar-refractivity contribution in [2.75, 3.05) is 60.7 Å². The second-order valence-corrected chi connectivity index (χ2v) is 10.1. The van der Waals surface area contributed by atoms with Crippen molar-refractivity contribution in [2.24, 2.45) is 0 Å². The van der Waals surface area contributed by atoms with Gasteiger partial charge in [0.25, 0.3) is 11.7 Å². The number of morpholine rings is 1. The third-order valence-corrected chi connectivity index (χ3v) is 7.09. The summed E-state index contributed by atoms with van der Waals surface area (Å²) in [4.78, 5) is 30.5. The van der Waals surface area contributed by atoms with Gasteiger partial charge in [-0.2, -0.15) is 0 Å². The minimum absolute atomic E-state index is 0.0151. The Kier molecular flexibility index (Phi) is 9.72. The van der Waals surface area contributed by atoms with Crippen molar-refractivity contribution in [1.29, 1.82) is 0 Å². The highest BCUT2D eigenvalue weighted by Crippen LogP contribution is 2.46. The van der Waals surface area contributed by atoms with Crippen LogP contribution >= 0.6 is 0 Å². The van der Waals surface area contributed by atoms with Gasteiger partial charge in [0, 0.05) is 31.7 Å². The summed E-state index contributed by atoms with van der Waals surface area (Å²) in [7, 11) is 4.40. The highest BCUT2D eigenvalue weighted by Gasteiger charge is 2.46. The van der Waals surface area contributed by atoms with Crippen molar-refractivity contribution in [3.05, 3.63) is 52.8 Å². The summed E-state index contributed by atoms with van der Waals surface area (Å²) in [5.74, 6) is -1.82. The normalized spacial score (nSPS) is 19.1.